The Morgan fingerprint density at radius 2 is 1.88 bits per heavy atom. The first kappa shape index (κ1) is 18.3. The van der Waals surface area contributed by atoms with Crippen LogP contribution in [0.5, 0.6) is 17.2 Å². The molecule has 0 bridgehead atoms. The van der Waals surface area contributed by atoms with E-state index in [0.717, 1.165) is 23.9 Å². The van der Waals surface area contributed by atoms with Crippen LogP contribution in [0.2, 0.25) is 0 Å². The van der Waals surface area contributed by atoms with Gasteiger partial charge in [0.15, 0.2) is 0 Å². The number of fused-ring (bicyclic) bond motifs is 1. The molecule has 5 nitrogen and oxygen atoms in total. The van der Waals surface area contributed by atoms with Crippen molar-refractivity contribution >= 4 is 26.9 Å². The molecule has 0 aliphatic heterocycles. The summed E-state index contributed by atoms with van der Waals surface area (Å²) in [6.07, 6.45) is 3.43. The molecule has 0 aliphatic rings. The van der Waals surface area contributed by atoms with E-state index >= 15 is 0 Å². The Morgan fingerprint density at radius 3 is 2.58 bits per heavy atom. The number of hydrogen-bond donors (Lipinski definition) is 1. The van der Waals surface area contributed by atoms with Gasteiger partial charge in [-0.15, -0.1) is 0 Å². The quantitative estimate of drug-likeness (QED) is 0.443. The highest BCUT2D eigenvalue weighted by Gasteiger charge is 2.14. The molecule has 0 spiro atoms. The standard InChI is InChI=1S/C20H19BrO5/c1-24-15-10-17(22)19-18(11-15)26-12-16(20(19)23)13-4-6-14(7-5-13)25-9-3-2-8-21/h4-7,10-12,22H,2-3,8-9H2,1H3. The molecular formula is C20H19BrO5. The summed E-state index contributed by atoms with van der Waals surface area (Å²) in [4.78, 5) is 12.8. The lowest BCUT2D eigenvalue weighted by Crippen LogP contribution is -2.05. The summed E-state index contributed by atoms with van der Waals surface area (Å²) < 4.78 is 16.3. The maximum Gasteiger partial charge on any atom is 0.204 e. The molecule has 136 valence electrons. The lowest BCUT2D eigenvalue weighted by molar-refractivity contribution is 0.310. The molecule has 0 saturated carbocycles. The molecular weight excluding hydrogens is 400 g/mol. The number of ether oxygens (including phenoxy) is 2. The van der Waals surface area contributed by atoms with Crippen molar-refractivity contribution in [3.63, 3.8) is 0 Å². The molecule has 6 heteroatoms. The lowest BCUT2D eigenvalue weighted by atomic mass is 10.0. The summed E-state index contributed by atoms with van der Waals surface area (Å²) in [6.45, 7) is 0.652. The Kier molecular flexibility index (Phi) is 5.83. The van der Waals surface area contributed by atoms with Crippen molar-refractivity contribution in [1.82, 2.24) is 0 Å². The second-order valence-corrected chi connectivity index (χ2v) is 6.56. The topological polar surface area (TPSA) is 68.9 Å². The number of benzene rings is 2. The Labute approximate surface area is 159 Å². The molecule has 3 rings (SSSR count). The van der Waals surface area contributed by atoms with Gasteiger partial charge < -0.3 is 19.0 Å². The van der Waals surface area contributed by atoms with Gasteiger partial charge in [-0.25, -0.2) is 0 Å². The van der Waals surface area contributed by atoms with Crippen LogP contribution in [-0.4, -0.2) is 24.2 Å². The zero-order chi connectivity index (χ0) is 18.5. The smallest absolute Gasteiger partial charge is 0.204 e. The third-order valence-corrected chi connectivity index (χ3v) is 4.59. The summed E-state index contributed by atoms with van der Waals surface area (Å²) in [5.74, 6) is 1.01. The van der Waals surface area contributed by atoms with E-state index in [2.05, 4.69) is 15.9 Å². The normalized spacial score (nSPS) is 10.8. The Balaban J connectivity index is 1.89. The molecule has 2 aromatic carbocycles. The third kappa shape index (κ3) is 3.85. The van der Waals surface area contributed by atoms with E-state index in [1.54, 1.807) is 18.2 Å². The lowest BCUT2D eigenvalue weighted by Gasteiger charge is -2.08. The van der Waals surface area contributed by atoms with E-state index in [1.165, 1.54) is 19.4 Å². The monoisotopic (exact) mass is 418 g/mol. The number of halogens is 1. The number of phenolic OH excluding ortho intramolecular Hbond substituents is 1. The average molecular weight is 419 g/mol. The summed E-state index contributed by atoms with van der Waals surface area (Å²) >= 11 is 3.39. The van der Waals surface area contributed by atoms with Crippen molar-refractivity contribution < 1.29 is 19.0 Å². The van der Waals surface area contributed by atoms with Gasteiger partial charge in [0.2, 0.25) is 5.43 Å². The van der Waals surface area contributed by atoms with Crippen LogP contribution in [0.1, 0.15) is 12.8 Å². The Hall–Kier alpha value is -2.47. The Morgan fingerprint density at radius 1 is 1.12 bits per heavy atom. The highest BCUT2D eigenvalue weighted by Crippen LogP contribution is 2.30. The van der Waals surface area contributed by atoms with Crippen molar-refractivity contribution in [3.8, 4) is 28.4 Å². The van der Waals surface area contributed by atoms with Crippen LogP contribution in [0.3, 0.4) is 0 Å². The van der Waals surface area contributed by atoms with Crippen LogP contribution in [0, 0.1) is 0 Å². The molecule has 0 fully saturated rings. The van der Waals surface area contributed by atoms with E-state index in [0.29, 0.717) is 23.5 Å². The molecule has 1 N–H and O–H groups in total. The van der Waals surface area contributed by atoms with E-state index in [9.17, 15) is 9.90 Å². The molecule has 1 aromatic heterocycles. The molecule has 0 atom stereocenters. The van der Waals surface area contributed by atoms with Crippen LogP contribution >= 0.6 is 15.9 Å². The number of rotatable bonds is 7. The molecule has 0 saturated heterocycles. The largest absolute Gasteiger partial charge is 0.507 e. The molecule has 0 aliphatic carbocycles. The number of unbranched alkanes of at least 4 members (excludes halogenated alkanes) is 1. The van der Waals surface area contributed by atoms with Crippen molar-refractivity contribution in [3.05, 3.63) is 52.9 Å². The zero-order valence-electron chi connectivity index (χ0n) is 14.3. The van der Waals surface area contributed by atoms with Gasteiger partial charge in [-0.05, 0) is 30.5 Å². The van der Waals surface area contributed by atoms with Gasteiger partial charge in [0.05, 0.1) is 19.3 Å². The predicted molar refractivity (Wildman–Crippen MR) is 105 cm³/mol. The first-order valence-electron chi connectivity index (χ1n) is 8.25. The van der Waals surface area contributed by atoms with E-state index in [1.807, 2.05) is 12.1 Å². The van der Waals surface area contributed by atoms with Gasteiger partial charge >= 0.3 is 0 Å². The van der Waals surface area contributed by atoms with Gasteiger partial charge in [0.25, 0.3) is 0 Å². The van der Waals surface area contributed by atoms with Crippen molar-refractivity contribution in [2.75, 3.05) is 19.0 Å². The number of hydrogen-bond acceptors (Lipinski definition) is 5. The van der Waals surface area contributed by atoms with Gasteiger partial charge in [0, 0.05) is 17.5 Å². The summed E-state index contributed by atoms with van der Waals surface area (Å²) in [6, 6.07) is 10.2. The SMILES string of the molecule is COc1cc(O)c2c(=O)c(-c3ccc(OCCCCBr)cc3)coc2c1. The van der Waals surface area contributed by atoms with Crippen LogP contribution in [0.4, 0.5) is 0 Å². The molecule has 3 aromatic rings. The highest BCUT2D eigenvalue weighted by molar-refractivity contribution is 9.09. The number of phenols is 1. The number of methoxy groups -OCH3 is 1. The molecule has 1 heterocycles. The highest BCUT2D eigenvalue weighted by atomic mass is 79.9. The fraction of sp³-hybridized carbons (Fsp3) is 0.250. The first-order chi connectivity index (χ1) is 12.6. The van der Waals surface area contributed by atoms with Crippen LogP contribution < -0.4 is 14.9 Å². The Bertz CT molecular complexity index is 947. The predicted octanol–water partition coefficient (Wildman–Crippen LogP) is 4.73. The second-order valence-electron chi connectivity index (χ2n) is 5.77. The molecule has 26 heavy (non-hydrogen) atoms. The van der Waals surface area contributed by atoms with Crippen LogP contribution in [0.25, 0.3) is 22.1 Å². The molecule has 0 radical (unpaired) electrons. The fourth-order valence-corrected chi connectivity index (χ4v) is 3.04. The summed E-state index contributed by atoms with van der Waals surface area (Å²) in [7, 11) is 1.48. The molecule has 0 amide bonds. The van der Waals surface area contributed by atoms with Gasteiger partial charge in [0.1, 0.15) is 34.5 Å². The zero-order valence-corrected chi connectivity index (χ0v) is 15.9. The van der Waals surface area contributed by atoms with Crippen LogP contribution in [-0.2, 0) is 0 Å². The number of aromatic hydroxyl groups is 1. The summed E-state index contributed by atoms with van der Waals surface area (Å²) in [5, 5.41) is 11.3. The minimum absolute atomic E-state index is 0.137. The second kappa shape index (κ2) is 8.27. The van der Waals surface area contributed by atoms with E-state index in [4.69, 9.17) is 13.9 Å². The first-order valence-corrected chi connectivity index (χ1v) is 9.38. The van der Waals surface area contributed by atoms with Gasteiger partial charge in [-0.3, -0.25) is 4.79 Å². The minimum atomic E-state index is -0.294. The third-order valence-electron chi connectivity index (χ3n) is 4.03. The minimum Gasteiger partial charge on any atom is -0.507 e. The maximum atomic E-state index is 12.8. The van der Waals surface area contributed by atoms with Crippen LogP contribution in [0.15, 0.2) is 51.9 Å². The molecule has 0 unspecified atom stereocenters. The fourth-order valence-electron chi connectivity index (χ4n) is 2.64. The van der Waals surface area contributed by atoms with Crippen molar-refractivity contribution in [1.29, 1.82) is 0 Å². The van der Waals surface area contributed by atoms with Gasteiger partial charge in [-0.1, -0.05) is 28.1 Å². The van der Waals surface area contributed by atoms with E-state index in [-0.39, 0.29) is 22.1 Å². The van der Waals surface area contributed by atoms with Gasteiger partial charge in [-0.2, -0.15) is 0 Å². The average Bonchev–Trinajstić information content (AvgIpc) is 2.66. The summed E-state index contributed by atoms with van der Waals surface area (Å²) in [5.41, 5.74) is 1.06. The van der Waals surface area contributed by atoms with E-state index < -0.39 is 0 Å². The van der Waals surface area contributed by atoms with Crippen molar-refractivity contribution in [2.45, 2.75) is 12.8 Å². The van der Waals surface area contributed by atoms with Crippen molar-refractivity contribution in [2.24, 2.45) is 0 Å². The number of alkyl halides is 1. The maximum absolute atomic E-state index is 12.8.